The largest absolute Gasteiger partial charge is 0.462 e. The molecule has 1 fully saturated rings. The molecule has 0 spiro atoms. The number of ketones is 1. The third-order valence-corrected chi connectivity index (χ3v) is 3.60. The second-order valence-corrected chi connectivity index (χ2v) is 5.61. The van der Waals surface area contributed by atoms with Crippen LogP contribution in [0.2, 0.25) is 0 Å². The number of alkyl halides is 3. The molecule has 1 N–H and O–H groups in total. The lowest BCUT2D eigenvalue weighted by molar-refractivity contribution is -0.153. The van der Waals surface area contributed by atoms with E-state index in [4.69, 9.17) is 4.55 Å². The van der Waals surface area contributed by atoms with Gasteiger partial charge in [-0.3, -0.25) is 14.1 Å². The molecule has 19 heavy (non-hydrogen) atoms. The van der Waals surface area contributed by atoms with Gasteiger partial charge >= 0.3 is 21.3 Å². The van der Waals surface area contributed by atoms with E-state index in [0.717, 1.165) is 0 Å². The van der Waals surface area contributed by atoms with Crippen molar-refractivity contribution in [3.8, 4) is 0 Å². The first-order valence-corrected chi connectivity index (χ1v) is 6.67. The van der Waals surface area contributed by atoms with E-state index in [1.54, 1.807) is 0 Å². The summed E-state index contributed by atoms with van der Waals surface area (Å²) in [6.45, 7) is -1.52. The van der Waals surface area contributed by atoms with Crippen molar-refractivity contribution < 1.29 is 40.5 Å². The number of halogens is 3. The average Bonchev–Trinajstić information content (AvgIpc) is 2.70. The Morgan fingerprint density at radius 2 is 2.11 bits per heavy atom. The number of carbonyl (C=O) groups excluding carboxylic acids is 2. The van der Waals surface area contributed by atoms with Crippen LogP contribution in [0.3, 0.4) is 0 Å². The van der Waals surface area contributed by atoms with Crippen LogP contribution in [-0.4, -0.2) is 42.8 Å². The molecular formula is C9H11F3O6S. The van der Waals surface area contributed by atoms with Gasteiger partial charge in [0.15, 0.2) is 0 Å². The van der Waals surface area contributed by atoms with Crippen LogP contribution in [0.4, 0.5) is 13.2 Å². The maximum atomic E-state index is 13.0. The summed E-state index contributed by atoms with van der Waals surface area (Å²) < 4.78 is 71.2. The van der Waals surface area contributed by atoms with E-state index in [0.29, 0.717) is 0 Å². The lowest BCUT2D eigenvalue weighted by Crippen LogP contribution is -2.41. The van der Waals surface area contributed by atoms with E-state index < -0.39 is 40.0 Å². The number of carbonyl (C=O) groups is 2. The van der Waals surface area contributed by atoms with Crippen LogP contribution in [0, 0.1) is 5.92 Å². The Labute approximate surface area is 106 Å². The van der Waals surface area contributed by atoms with Crippen LogP contribution in [0.5, 0.6) is 0 Å². The lowest BCUT2D eigenvalue weighted by Gasteiger charge is -2.18. The highest BCUT2D eigenvalue weighted by molar-refractivity contribution is 7.86. The minimum Gasteiger partial charge on any atom is -0.462 e. The van der Waals surface area contributed by atoms with Crippen molar-refractivity contribution in [2.45, 2.75) is 30.7 Å². The number of hydrogen-bond donors (Lipinski definition) is 1. The van der Waals surface area contributed by atoms with Crippen LogP contribution >= 0.6 is 0 Å². The molecule has 6 nitrogen and oxygen atoms in total. The van der Waals surface area contributed by atoms with Gasteiger partial charge in [-0.1, -0.05) is 0 Å². The summed E-state index contributed by atoms with van der Waals surface area (Å²) in [6, 6.07) is 0. The van der Waals surface area contributed by atoms with Gasteiger partial charge in [-0.25, -0.2) is 4.39 Å². The van der Waals surface area contributed by atoms with Gasteiger partial charge in [0.2, 0.25) is 6.17 Å². The highest BCUT2D eigenvalue weighted by Gasteiger charge is 2.53. The molecule has 10 heteroatoms. The number of Topliss-reactive ketones (excluding diaryl/α,β-unsaturated/α-hetero) is 1. The quantitative estimate of drug-likeness (QED) is 0.593. The molecule has 1 aliphatic carbocycles. The molecule has 0 radical (unpaired) electrons. The molecule has 0 aliphatic heterocycles. The summed E-state index contributed by atoms with van der Waals surface area (Å²) >= 11 is 0. The maximum absolute atomic E-state index is 13.0. The van der Waals surface area contributed by atoms with Gasteiger partial charge in [-0.05, 0) is 6.42 Å². The Hall–Kier alpha value is -1.16. The normalized spacial score (nSPS) is 22.3. The van der Waals surface area contributed by atoms with Crippen LogP contribution in [-0.2, 0) is 24.4 Å². The zero-order valence-electron chi connectivity index (χ0n) is 9.51. The molecule has 0 aromatic rings. The molecule has 1 saturated carbocycles. The number of ether oxygens (including phenoxy) is 1. The summed E-state index contributed by atoms with van der Waals surface area (Å²) in [5.41, 5.74) is 0. The third kappa shape index (κ3) is 3.66. The first-order valence-electron chi connectivity index (χ1n) is 5.23. The predicted octanol–water partition coefficient (Wildman–Crippen LogP) is 0.718. The minimum absolute atomic E-state index is 0.107. The molecule has 2 atom stereocenters. The van der Waals surface area contributed by atoms with Crippen molar-refractivity contribution in [2.24, 2.45) is 5.92 Å². The first-order chi connectivity index (χ1) is 8.55. The Kier molecular flexibility index (Phi) is 4.56. The van der Waals surface area contributed by atoms with Gasteiger partial charge in [0.1, 0.15) is 12.4 Å². The Morgan fingerprint density at radius 1 is 1.53 bits per heavy atom. The molecule has 1 rings (SSSR count). The van der Waals surface area contributed by atoms with E-state index >= 15 is 0 Å². The van der Waals surface area contributed by atoms with Gasteiger partial charge in [0.25, 0.3) is 0 Å². The van der Waals surface area contributed by atoms with Crippen molar-refractivity contribution in [2.75, 3.05) is 6.61 Å². The third-order valence-electron chi connectivity index (χ3n) is 2.66. The molecule has 0 bridgehead atoms. The summed E-state index contributed by atoms with van der Waals surface area (Å²) in [5, 5.41) is -5.06. The van der Waals surface area contributed by atoms with E-state index in [1.807, 2.05) is 0 Å². The van der Waals surface area contributed by atoms with Crippen molar-refractivity contribution >= 4 is 21.9 Å². The topological polar surface area (TPSA) is 97.7 Å². The fourth-order valence-corrected chi connectivity index (χ4v) is 1.94. The molecule has 2 unspecified atom stereocenters. The molecule has 0 heterocycles. The van der Waals surface area contributed by atoms with Gasteiger partial charge in [-0.2, -0.15) is 17.2 Å². The SMILES string of the molecule is O=C1CCC(C(=O)OCC(F)C(F)(F)S(=O)(=O)O)C1. The fraction of sp³-hybridized carbons (Fsp3) is 0.778. The van der Waals surface area contributed by atoms with Gasteiger partial charge in [-0.15, -0.1) is 0 Å². The van der Waals surface area contributed by atoms with Crippen LogP contribution in [0.25, 0.3) is 0 Å². The fourth-order valence-electron chi connectivity index (χ4n) is 1.55. The summed E-state index contributed by atoms with van der Waals surface area (Å²) in [7, 11) is -5.93. The molecular weight excluding hydrogens is 293 g/mol. The van der Waals surface area contributed by atoms with Crippen molar-refractivity contribution in [1.29, 1.82) is 0 Å². The smallest absolute Gasteiger partial charge is 0.403 e. The minimum atomic E-state index is -5.93. The van der Waals surface area contributed by atoms with Gasteiger partial charge < -0.3 is 4.74 Å². The second-order valence-electron chi connectivity index (χ2n) is 4.11. The first kappa shape index (κ1) is 15.9. The van der Waals surface area contributed by atoms with E-state index in [1.165, 1.54) is 0 Å². The molecule has 0 aromatic heterocycles. The molecule has 0 aromatic carbocycles. The van der Waals surface area contributed by atoms with Crippen LogP contribution in [0.1, 0.15) is 19.3 Å². The number of rotatable bonds is 5. The average molecular weight is 304 g/mol. The van der Waals surface area contributed by atoms with Gasteiger partial charge in [0.05, 0.1) is 5.92 Å². The van der Waals surface area contributed by atoms with Crippen molar-refractivity contribution in [3.05, 3.63) is 0 Å². The van der Waals surface area contributed by atoms with E-state index in [9.17, 15) is 31.2 Å². The lowest BCUT2D eigenvalue weighted by atomic mass is 10.1. The van der Waals surface area contributed by atoms with E-state index in [2.05, 4.69) is 4.74 Å². The standard InChI is InChI=1S/C9H11F3O6S/c10-7(9(11,12)19(15,16)17)4-18-8(14)5-1-2-6(13)3-5/h5,7H,1-4H2,(H,15,16,17). The zero-order valence-corrected chi connectivity index (χ0v) is 10.3. The predicted molar refractivity (Wildman–Crippen MR) is 54.7 cm³/mol. The second kappa shape index (κ2) is 5.45. The van der Waals surface area contributed by atoms with Crippen LogP contribution in [0.15, 0.2) is 0 Å². The molecule has 0 saturated heterocycles. The van der Waals surface area contributed by atoms with Crippen molar-refractivity contribution in [1.82, 2.24) is 0 Å². The molecule has 0 amide bonds. The van der Waals surface area contributed by atoms with Gasteiger partial charge in [0, 0.05) is 12.8 Å². The zero-order chi connectivity index (χ0) is 14.8. The highest BCUT2D eigenvalue weighted by Crippen LogP contribution is 2.28. The summed E-state index contributed by atoms with van der Waals surface area (Å²) in [6.07, 6.45) is -3.16. The van der Waals surface area contributed by atoms with Crippen LogP contribution < -0.4 is 0 Å². The number of hydrogen-bond acceptors (Lipinski definition) is 5. The maximum Gasteiger partial charge on any atom is 0.403 e. The summed E-state index contributed by atoms with van der Waals surface area (Å²) in [5.74, 6) is -2.05. The Bertz CT molecular complexity index is 474. The highest BCUT2D eigenvalue weighted by atomic mass is 32.2. The monoisotopic (exact) mass is 304 g/mol. The van der Waals surface area contributed by atoms with E-state index in [-0.39, 0.29) is 25.0 Å². The Balaban J connectivity index is 2.53. The Morgan fingerprint density at radius 3 is 2.53 bits per heavy atom. The molecule has 110 valence electrons. The molecule has 1 aliphatic rings. The summed E-state index contributed by atoms with van der Waals surface area (Å²) in [4.78, 5) is 22.1. The van der Waals surface area contributed by atoms with Crippen molar-refractivity contribution in [3.63, 3.8) is 0 Å². The number of esters is 1.